The van der Waals surface area contributed by atoms with Crippen LogP contribution in [0, 0.1) is 20.8 Å². The summed E-state index contributed by atoms with van der Waals surface area (Å²) in [6.45, 7) is 6.04. The number of aryl methyl sites for hydroxylation is 3. The lowest BCUT2D eigenvalue weighted by Crippen LogP contribution is -2.15. The van der Waals surface area contributed by atoms with E-state index < -0.39 is 0 Å². The van der Waals surface area contributed by atoms with Crippen LogP contribution in [0.4, 0.5) is 5.82 Å². The van der Waals surface area contributed by atoms with Gasteiger partial charge in [-0.2, -0.15) is 0 Å². The normalized spacial score (nSPS) is 10.6. The second-order valence-corrected chi connectivity index (χ2v) is 6.12. The summed E-state index contributed by atoms with van der Waals surface area (Å²) in [5, 5.41) is 6.71. The van der Waals surface area contributed by atoms with Gasteiger partial charge in [-0.1, -0.05) is 23.4 Å². The molecule has 0 saturated carbocycles. The molecule has 0 radical (unpaired) electrons. The minimum absolute atomic E-state index is 0.104. The maximum Gasteiger partial charge on any atom is 0.229 e. The van der Waals surface area contributed by atoms with Gasteiger partial charge in [-0.3, -0.25) is 4.79 Å². The largest absolute Gasteiger partial charge is 0.489 e. The number of ether oxygens (including phenoxy) is 1. The molecule has 0 aliphatic carbocycles. The standard InChI is InChI=1S/C20H21N3O3/c1-13-5-4-6-19(21-13)22-20(24)11-16-7-9-17(10-8-16)25-12-18-14(2)23-26-15(18)3/h4-10H,11-12H2,1-3H3,(H,21,22,24). The molecule has 6 nitrogen and oxygen atoms in total. The van der Waals surface area contributed by atoms with Gasteiger partial charge in [-0.25, -0.2) is 4.98 Å². The zero-order valence-electron chi connectivity index (χ0n) is 15.1. The van der Waals surface area contributed by atoms with Gasteiger partial charge in [0.1, 0.15) is 23.9 Å². The second-order valence-electron chi connectivity index (χ2n) is 6.12. The Morgan fingerprint density at radius 3 is 2.54 bits per heavy atom. The number of aromatic nitrogens is 2. The molecule has 0 spiro atoms. The number of carbonyl (C=O) groups is 1. The van der Waals surface area contributed by atoms with Gasteiger partial charge in [-0.05, 0) is 50.6 Å². The number of amides is 1. The van der Waals surface area contributed by atoms with Crippen LogP contribution in [0.5, 0.6) is 5.75 Å². The van der Waals surface area contributed by atoms with Crippen LogP contribution >= 0.6 is 0 Å². The average molecular weight is 351 g/mol. The summed E-state index contributed by atoms with van der Waals surface area (Å²) in [6.07, 6.45) is 0.278. The van der Waals surface area contributed by atoms with E-state index in [4.69, 9.17) is 9.26 Å². The van der Waals surface area contributed by atoms with Crippen LogP contribution < -0.4 is 10.1 Å². The first kappa shape index (κ1) is 17.7. The molecule has 1 amide bonds. The lowest BCUT2D eigenvalue weighted by Gasteiger charge is -2.08. The molecule has 0 unspecified atom stereocenters. The average Bonchev–Trinajstić information content (AvgIpc) is 2.92. The number of hydrogen-bond acceptors (Lipinski definition) is 5. The summed E-state index contributed by atoms with van der Waals surface area (Å²) in [4.78, 5) is 16.4. The maximum absolute atomic E-state index is 12.1. The minimum atomic E-state index is -0.104. The van der Waals surface area contributed by atoms with Gasteiger partial charge in [-0.15, -0.1) is 0 Å². The van der Waals surface area contributed by atoms with Crippen molar-refractivity contribution in [3.63, 3.8) is 0 Å². The Hall–Kier alpha value is -3.15. The Labute approximate surface area is 152 Å². The number of pyridine rings is 1. The number of nitrogens with zero attached hydrogens (tertiary/aromatic N) is 2. The highest BCUT2D eigenvalue weighted by Crippen LogP contribution is 2.18. The summed E-state index contributed by atoms with van der Waals surface area (Å²) in [5.41, 5.74) is 3.56. The summed E-state index contributed by atoms with van der Waals surface area (Å²) < 4.78 is 10.9. The molecule has 1 aromatic carbocycles. The molecule has 26 heavy (non-hydrogen) atoms. The molecule has 0 fully saturated rings. The summed E-state index contributed by atoms with van der Waals surface area (Å²) in [7, 11) is 0. The van der Waals surface area contributed by atoms with E-state index in [1.165, 1.54) is 0 Å². The molecule has 0 atom stereocenters. The molecule has 0 bridgehead atoms. The second kappa shape index (κ2) is 7.82. The third-order valence-electron chi connectivity index (χ3n) is 4.01. The smallest absolute Gasteiger partial charge is 0.229 e. The first-order valence-electron chi connectivity index (χ1n) is 8.38. The predicted octanol–water partition coefficient (Wildman–Crippen LogP) is 3.76. The molecule has 6 heteroatoms. The van der Waals surface area contributed by atoms with Crippen molar-refractivity contribution in [1.82, 2.24) is 10.1 Å². The number of anilines is 1. The number of benzene rings is 1. The van der Waals surface area contributed by atoms with Crippen molar-refractivity contribution in [2.45, 2.75) is 33.8 Å². The van der Waals surface area contributed by atoms with E-state index >= 15 is 0 Å². The van der Waals surface area contributed by atoms with Crippen molar-refractivity contribution in [2.75, 3.05) is 5.32 Å². The van der Waals surface area contributed by atoms with Gasteiger partial charge in [0.15, 0.2) is 0 Å². The molecule has 0 saturated heterocycles. The van der Waals surface area contributed by atoms with Crippen LogP contribution in [0.2, 0.25) is 0 Å². The van der Waals surface area contributed by atoms with Crippen LogP contribution in [-0.2, 0) is 17.8 Å². The summed E-state index contributed by atoms with van der Waals surface area (Å²) >= 11 is 0. The Bertz CT molecular complexity index is 881. The summed E-state index contributed by atoms with van der Waals surface area (Å²) in [6, 6.07) is 13.0. The topological polar surface area (TPSA) is 77.2 Å². The van der Waals surface area contributed by atoms with Crippen LogP contribution in [0.1, 0.15) is 28.3 Å². The monoisotopic (exact) mass is 351 g/mol. The highest BCUT2D eigenvalue weighted by Gasteiger charge is 2.10. The molecule has 1 N–H and O–H groups in total. The lowest BCUT2D eigenvalue weighted by atomic mass is 10.1. The number of rotatable bonds is 6. The van der Waals surface area contributed by atoms with Crippen molar-refractivity contribution in [2.24, 2.45) is 0 Å². The van der Waals surface area contributed by atoms with Crippen LogP contribution in [0.3, 0.4) is 0 Å². The first-order valence-corrected chi connectivity index (χ1v) is 8.38. The van der Waals surface area contributed by atoms with Crippen molar-refractivity contribution in [1.29, 1.82) is 0 Å². The predicted molar refractivity (Wildman–Crippen MR) is 98.1 cm³/mol. The third-order valence-corrected chi connectivity index (χ3v) is 4.01. The highest BCUT2D eigenvalue weighted by atomic mass is 16.5. The van der Waals surface area contributed by atoms with E-state index in [0.29, 0.717) is 12.4 Å². The molecule has 134 valence electrons. The lowest BCUT2D eigenvalue weighted by molar-refractivity contribution is -0.115. The Kier molecular flexibility index (Phi) is 5.31. The molecular formula is C20H21N3O3. The van der Waals surface area contributed by atoms with Gasteiger partial charge in [0.25, 0.3) is 0 Å². The third kappa shape index (κ3) is 4.47. The van der Waals surface area contributed by atoms with Gasteiger partial charge in [0.05, 0.1) is 17.7 Å². The van der Waals surface area contributed by atoms with Crippen LogP contribution in [0.25, 0.3) is 0 Å². The Balaban J connectivity index is 1.55. The van der Waals surface area contributed by atoms with Gasteiger partial charge in [0.2, 0.25) is 5.91 Å². The van der Waals surface area contributed by atoms with E-state index in [1.54, 1.807) is 6.07 Å². The van der Waals surface area contributed by atoms with Gasteiger partial charge < -0.3 is 14.6 Å². The molecule has 0 aliphatic heterocycles. The molecule has 2 aromatic heterocycles. The number of nitrogens with one attached hydrogen (secondary N) is 1. The molecule has 3 aromatic rings. The highest BCUT2D eigenvalue weighted by molar-refractivity contribution is 5.91. The molecular weight excluding hydrogens is 330 g/mol. The maximum atomic E-state index is 12.1. The van der Waals surface area contributed by atoms with E-state index in [-0.39, 0.29) is 12.3 Å². The van der Waals surface area contributed by atoms with Crippen molar-refractivity contribution < 1.29 is 14.1 Å². The van der Waals surface area contributed by atoms with Gasteiger partial charge in [0, 0.05) is 5.69 Å². The Morgan fingerprint density at radius 2 is 1.88 bits per heavy atom. The van der Waals surface area contributed by atoms with Crippen molar-refractivity contribution in [3.8, 4) is 5.75 Å². The number of hydrogen-bond donors (Lipinski definition) is 1. The van der Waals surface area contributed by atoms with E-state index in [1.807, 2.05) is 57.2 Å². The summed E-state index contributed by atoms with van der Waals surface area (Å²) in [5.74, 6) is 1.96. The van der Waals surface area contributed by atoms with E-state index in [2.05, 4.69) is 15.5 Å². The van der Waals surface area contributed by atoms with Gasteiger partial charge >= 0.3 is 0 Å². The zero-order valence-corrected chi connectivity index (χ0v) is 15.1. The minimum Gasteiger partial charge on any atom is -0.489 e. The number of carbonyl (C=O) groups excluding carboxylic acids is 1. The van der Waals surface area contributed by atoms with Crippen LogP contribution in [-0.4, -0.2) is 16.0 Å². The quantitative estimate of drug-likeness (QED) is 0.732. The fourth-order valence-electron chi connectivity index (χ4n) is 2.55. The Morgan fingerprint density at radius 1 is 1.12 bits per heavy atom. The van der Waals surface area contributed by atoms with Crippen molar-refractivity contribution >= 4 is 11.7 Å². The zero-order chi connectivity index (χ0) is 18.5. The molecule has 2 heterocycles. The molecule has 0 aliphatic rings. The SMILES string of the molecule is Cc1cccc(NC(=O)Cc2ccc(OCc3c(C)noc3C)cc2)n1. The fraction of sp³-hybridized carbons (Fsp3) is 0.250. The van der Waals surface area contributed by atoms with Crippen LogP contribution in [0.15, 0.2) is 47.0 Å². The fourth-order valence-corrected chi connectivity index (χ4v) is 2.55. The first-order chi connectivity index (χ1) is 12.5. The van der Waals surface area contributed by atoms with E-state index in [9.17, 15) is 4.79 Å². The van der Waals surface area contributed by atoms with Crippen molar-refractivity contribution in [3.05, 3.63) is 70.7 Å². The molecule has 3 rings (SSSR count). The van der Waals surface area contributed by atoms with E-state index in [0.717, 1.165) is 34.0 Å².